The Hall–Kier alpha value is 0.260. The number of nitrogens with zero attached hydrogens (tertiary/aromatic N) is 2. The summed E-state index contributed by atoms with van der Waals surface area (Å²) in [6.45, 7) is 0. The van der Waals surface area contributed by atoms with Crippen molar-refractivity contribution in [3.8, 4) is 0 Å². The summed E-state index contributed by atoms with van der Waals surface area (Å²) in [6, 6.07) is 0. The van der Waals surface area contributed by atoms with Crippen LogP contribution in [0.25, 0.3) is 0 Å². The lowest BCUT2D eigenvalue weighted by Gasteiger charge is -1.93. The van der Waals surface area contributed by atoms with Crippen LogP contribution >= 0.6 is 35.7 Å². The molecule has 0 aromatic carbocycles. The fourth-order valence-electron chi connectivity index (χ4n) is 0.599. The molecule has 0 saturated carbocycles. The number of rotatable bonds is 5. The average Bonchev–Trinajstić information content (AvgIpc) is 2.50. The van der Waals surface area contributed by atoms with Gasteiger partial charge in [0, 0.05) is 5.75 Å². The smallest absolute Gasteiger partial charge is 0.174 e. The lowest BCUT2D eigenvalue weighted by Crippen LogP contribution is -1.81. The molecule has 0 aliphatic carbocycles. The van der Waals surface area contributed by atoms with E-state index in [1.165, 1.54) is 12.8 Å². The SMILES string of the molecule is SCCCCSc1nncs1. The van der Waals surface area contributed by atoms with Crippen LogP contribution in [0.5, 0.6) is 0 Å². The van der Waals surface area contributed by atoms with E-state index in [1.807, 2.05) is 0 Å². The molecule has 0 unspecified atom stereocenters. The van der Waals surface area contributed by atoms with Gasteiger partial charge in [-0.05, 0) is 18.6 Å². The van der Waals surface area contributed by atoms with Gasteiger partial charge in [0.1, 0.15) is 5.51 Å². The topological polar surface area (TPSA) is 25.8 Å². The molecular formula is C6H10N2S3. The van der Waals surface area contributed by atoms with Crippen molar-refractivity contribution in [2.24, 2.45) is 0 Å². The van der Waals surface area contributed by atoms with E-state index in [2.05, 4.69) is 22.8 Å². The highest BCUT2D eigenvalue weighted by molar-refractivity contribution is 8.00. The van der Waals surface area contributed by atoms with E-state index in [9.17, 15) is 0 Å². The first kappa shape index (κ1) is 9.35. The number of unbranched alkanes of at least 4 members (excludes halogenated alkanes) is 1. The minimum absolute atomic E-state index is 0.983. The van der Waals surface area contributed by atoms with Crippen LogP contribution < -0.4 is 0 Å². The summed E-state index contributed by atoms with van der Waals surface area (Å²) in [4.78, 5) is 0. The van der Waals surface area contributed by atoms with Crippen LogP contribution in [0.15, 0.2) is 9.85 Å². The summed E-state index contributed by atoms with van der Waals surface area (Å²) >= 11 is 7.51. The predicted octanol–water partition coefficient (Wildman–Crippen LogP) is 2.34. The number of thiol groups is 1. The van der Waals surface area contributed by atoms with Gasteiger partial charge in [-0.2, -0.15) is 12.6 Å². The first-order valence-electron chi connectivity index (χ1n) is 3.43. The Morgan fingerprint density at radius 3 is 3.09 bits per heavy atom. The fraction of sp³-hybridized carbons (Fsp3) is 0.667. The van der Waals surface area contributed by atoms with E-state index < -0.39 is 0 Å². The predicted molar refractivity (Wildman–Crippen MR) is 53.7 cm³/mol. The maximum atomic E-state index is 4.13. The molecule has 2 nitrogen and oxygen atoms in total. The third-order valence-corrected chi connectivity index (χ3v) is 3.38. The van der Waals surface area contributed by atoms with E-state index in [0.717, 1.165) is 15.8 Å². The zero-order valence-corrected chi connectivity index (χ0v) is 8.59. The van der Waals surface area contributed by atoms with Crippen LogP contribution in [0.4, 0.5) is 0 Å². The van der Waals surface area contributed by atoms with Crippen molar-refractivity contribution in [2.75, 3.05) is 11.5 Å². The summed E-state index contributed by atoms with van der Waals surface area (Å²) < 4.78 is 1.07. The molecule has 0 aliphatic heterocycles. The van der Waals surface area contributed by atoms with E-state index in [0.29, 0.717) is 0 Å². The molecule has 0 saturated heterocycles. The molecule has 11 heavy (non-hydrogen) atoms. The molecule has 5 heteroatoms. The van der Waals surface area contributed by atoms with E-state index in [-0.39, 0.29) is 0 Å². The van der Waals surface area contributed by atoms with Gasteiger partial charge < -0.3 is 0 Å². The highest BCUT2D eigenvalue weighted by Gasteiger charge is 1.95. The highest BCUT2D eigenvalue weighted by atomic mass is 32.2. The molecule has 62 valence electrons. The quantitative estimate of drug-likeness (QED) is 0.455. The molecule has 0 atom stereocenters. The van der Waals surface area contributed by atoms with E-state index >= 15 is 0 Å². The highest BCUT2D eigenvalue weighted by Crippen LogP contribution is 2.19. The second-order valence-corrected chi connectivity index (χ2v) is 4.61. The number of hydrogen-bond acceptors (Lipinski definition) is 5. The standard InChI is InChI=1S/C6H10N2S3/c9-3-1-2-4-10-6-8-7-5-11-6/h5,9H,1-4H2. The normalized spacial score (nSPS) is 10.3. The molecule has 0 aliphatic rings. The van der Waals surface area contributed by atoms with Crippen LogP contribution in [-0.4, -0.2) is 21.7 Å². The van der Waals surface area contributed by atoms with Gasteiger partial charge in [0.15, 0.2) is 4.34 Å². The Morgan fingerprint density at radius 1 is 1.55 bits per heavy atom. The summed E-state index contributed by atoms with van der Waals surface area (Å²) in [5, 5.41) is 7.68. The molecule has 0 bridgehead atoms. The van der Waals surface area contributed by atoms with Crippen LogP contribution in [0.2, 0.25) is 0 Å². The number of aromatic nitrogens is 2. The molecule has 1 rings (SSSR count). The number of hydrogen-bond donors (Lipinski definition) is 1. The average molecular weight is 206 g/mol. The van der Waals surface area contributed by atoms with Gasteiger partial charge >= 0.3 is 0 Å². The third kappa shape index (κ3) is 3.98. The maximum absolute atomic E-state index is 4.13. The van der Waals surface area contributed by atoms with Crippen molar-refractivity contribution < 1.29 is 0 Å². The lowest BCUT2D eigenvalue weighted by atomic mass is 10.4. The Kier molecular flexibility index (Phi) is 4.97. The Labute approximate surface area is 80.2 Å². The van der Waals surface area contributed by atoms with E-state index in [1.54, 1.807) is 28.6 Å². The zero-order chi connectivity index (χ0) is 7.94. The van der Waals surface area contributed by atoms with Crippen molar-refractivity contribution in [2.45, 2.75) is 17.2 Å². The molecule has 0 amide bonds. The minimum atomic E-state index is 0.983. The van der Waals surface area contributed by atoms with Gasteiger partial charge in [-0.25, -0.2) is 0 Å². The Balaban J connectivity index is 2.04. The van der Waals surface area contributed by atoms with Crippen LogP contribution in [-0.2, 0) is 0 Å². The van der Waals surface area contributed by atoms with Crippen molar-refractivity contribution in [1.29, 1.82) is 0 Å². The second-order valence-electron chi connectivity index (χ2n) is 1.98. The summed E-state index contributed by atoms with van der Waals surface area (Å²) in [5.74, 6) is 2.12. The maximum Gasteiger partial charge on any atom is 0.174 e. The van der Waals surface area contributed by atoms with Crippen molar-refractivity contribution in [3.05, 3.63) is 5.51 Å². The lowest BCUT2D eigenvalue weighted by molar-refractivity contribution is 0.907. The zero-order valence-electron chi connectivity index (χ0n) is 6.06. The van der Waals surface area contributed by atoms with Gasteiger partial charge in [-0.3, -0.25) is 0 Å². The fourth-order valence-corrected chi connectivity index (χ4v) is 2.38. The molecule has 0 spiro atoms. The summed E-state index contributed by atoms with van der Waals surface area (Å²) in [7, 11) is 0. The molecular weight excluding hydrogens is 196 g/mol. The molecule has 0 fully saturated rings. The van der Waals surface area contributed by atoms with Gasteiger partial charge in [0.2, 0.25) is 0 Å². The van der Waals surface area contributed by atoms with Crippen molar-refractivity contribution >= 4 is 35.7 Å². The first-order chi connectivity index (χ1) is 5.43. The molecule has 0 radical (unpaired) electrons. The van der Waals surface area contributed by atoms with E-state index in [4.69, 9.17) is 0 Å². The number of thioether (sulfide) groups is 1. The van der Waals surface area contributed by atoms with Crippen molar-refractivity contribution in [3.63, 3.8) is 0 Å². The first-order valence-corrected chi connectivity index (χ1v) is 5.93. The Morgan fingerprint density at radius 2 is 2.45 bits per heavy atom. The van der Waals surface area contributed by atoms with Crippen molar-refractivity contribution in [1.82, 2.24) is 10.2 Å². The van der Waals surface area contributed by atoms with Gasteiger partial charge in [0.05, 0.1) is 0 Å². The summed E-state index contributed by atoms with van der Waals surface area (Å²) in [5.41, 5.74) is 1.76. The Bertz CT molecular complexity index is 176. The molecule has 1 aromatic rings. The molecule has 0 N–H and O–H groups in total. The van der Waals surface area contributed by atoms with Gasteiger partial charge in [-0.15, -0.1) is 10.2 Å². The molecule has 1 aromatic heterocycles. The van der Waals surface area contributed by atoms with Crippen LogP contribution in [0.3, 0.4) is 0 Å². The molecule has 1 heterocycles. The van der Waals surface area contributed by atoms with Crippen LogP contribution in [0.1, 0.15) is 12.8 Å². The third-order valence-electron chi connectivity index (χ3n) is 1.12. The minimum Gasteiger partial charge on any atom is -0.179 e. The monoisotopic (exact) mass is 206 g/mol. The van der Waals surface area contributed by atoms with Crippen LogP contribution in [0, 0.1) is 0 Å². The second kappa shape index (κ2) is 5.85. The van der Waals surface area contributed by atoms with Gasteiger partial charge in [0.25, 0.3) is 0 Å². The summed E-state index contributed by atoms with van der Waals surface area (Å²) in [6.07, 6.45) is 2.41. The van der Waals surface area contributed by atoms with Gasteiger partial charge in [-0.1, -0.05) is 23.1 Å². The largest absolute Gasteiger partial charge is 0.179 e.